The minimum absolute atomic E-state index is 0. The number of nitrogens with zero attached hydrogens (tertiary/aromatic N) is 2. The minimum Gasteiger partial charge on any atom is -0.352 e. The van der Waals surface area contributed by atoms with E-state index in [0.717, 1.165) is 25.9 Å². The van der Waals surface area contributed by atoms with E-state index in [-0.39, 0.29) is 30.3 Å². The lowest BCUT2D eigenvalue weighted by atomic mass is 9.99. The van der Waals surface area contributed by atoms with E-state index in [1.807, 2.05) is 26.2 Å². The van der Waals surface area contributed by atoms with Crippen LogP contribution in [0.5, 0.6) is 0 Å². The van der Waals surface area contributed by atoms with Crippen LogP contribution in [-0.4, -0.2) is 41.0 Å². The summed E-state index contributed by atoms with van der Waals surface area (Å²) >= 11 is 0. The number of hydrogen-bond donors (Lipinski definition) is 2. The second-order valence-electron chi connectivity index (χ2n) is 6.55. The number of aromatic nitrogens is 1. The highest BCUT2D eigenvalue weighted by atomic mass is 35.5. The standard InChI is InChI=1S/C17H28N4O.ClH/c1-12(2)16(18)17(22)20-15-6-10-21(11-7-15)13(3)14-4-8-19-9-5-14;/h4-5,8-9,12-13,15-16H,6-7,10-11,18H2,1-3H3,(H,20,22);1H/t13?,16-;/m0./s1. The van der Waals surface area contributed by atoms with Crippen LogP contribution in [0.2, 0.25) is 0 Å². The smallest absolute Gasteiger partial charge is 0.237 e. The zero-order valence-electron chi connectivity index (χ0n) is 14.2. The summed E-state index contributed by atoms with van der Waals surface area (Å²) < 4.78 is 0. The van der Waals surface area contributed by atoms with E-state index in [2.05, 4.69) is 34.3 Å². The van der Waals surface area contributed by atoms with Crippen LogP contribution < -0.4 is 11.1 Å². The van der Waals surface area contributed by atoms with Gasteiger partial charge in [0.15, 0.2) is 0 Å². The molecule has 1 unspecified atom stereocenters. The van der Waals surface area contributed by atoms with Crippen molar-refractivity contribution in [1.29, 1.82) is 0 Å². The highest BCUT2D eigenvalue weighted by Crippen LogP contribution is 2.23. The molecule has 1 aromatic heterocycles. The van der Waals surface area contributed by atoms with Crippen molar-refractivity contribution in [2.75, 3.05) is 13.1 Å². The lowest BCUT2D eigenvalue weighted by Crippen LogP contribution is -2.51. The predicted molar refractivity (Wildman–Crippen MR) is 95.5 cm³/mol. The second kappa shape index (κ2) is 9.21. The summed E-state index contributed by atoms with van der Waals surface area (Å²) in [6, 6.07) is 4.37. The summed E-state index contributed by atoms with van der Waals surface area (Å²) in [5, 5.41) is 3.10. The van der Waals surface area contributed by atoms with E-state index in [4.69, 9.17) is 5.73 Å². The Morgan fingerprint density at radius 3 is 2.35 bits per heavy atom. The number of carbonyl (C=O) groups excluding carboxylic acids is 1. The Morgan fingerprint density at radius 2 is 1.83 bits per heavy atom. The maximum atomic E-state index is 12.0. The maximum absolute atomic E-state index is 12.0. The summed E-state index contributed by atoms with van der Waals surface area (Å²) in [5.74, 6) is 0.155. The average molecular weight is 341 g/mol. The van der Waals surface area contributed by atoms with Crippen LogP contribution in [0.25, 0.3) is 0 Å². The summed E-state index contributed by atoms with van der Waals surface area (Å²) in [5.41, 5.74) is 7.19. The zero-order chi connectivity index (χ0) is 16.1. The number of hydrogen-bond acceptors (Lipinski definition) is 4. The molecule has 1 aliphatic heterocycles. The molecule has 0 spiro atoms. The largest absolute Gasteiger partial charge is 0.352 e. The molecule has 0 radical (unpaired) electrons. The van der Waals surface area contributed by atoms with Crippen LogP contribution in [0.3, 0.4) is 0 Å². The molecular weight excluding hydrogens is 312 g/mol. The molecule has 23 heavy (non-hydrogen) atoms. The van der Waals surface area contributed by atoms with Gasteiger partial charge < -0.3 is 11.1 Å². The molecule has 130 valence electrons. The first kappa shape index (κ1) is 19.9. The Bertz CT molecular complexity index is 475. The number of amides is 1. The van der Waals surface area contributed by atoms with Gasteiger partial charge in [-0.05, 0) is 43.4 Å². The van der Waals surface area contributed by atoms with Crippen LogP contribution in [-0.2, 0) is 4.79 Å². The molecule has 5 nitrogen and oxygen atoms in total. The highest BCUT2D eigenvalue weighted by Gasteiger charge is 2.26. The molecule has 3 N–H and O–H groups in total. The molecule has 0 saturated carbocycles. The normalized spacial score (nSPS) is 19.0. The van der Waals surface area contributed by atoms with E-state index in [0.29, 0.717) is 6.04 Å². The number of likely N-dealkylation sites (tertiary alicyclic amines) is 1. The van der Waals surface area contributed by atoms with Gasteiger partial charge in [-0.25, -0.2) is 0 Å². The first-order chi connectivity index (χ1) is 10.5. The molecule has 1 fully saturated rings. The third-order valence-corrected chi connectivity index (χ3v) is 4.63. The van der Waals surface area contributed by atoms with Gasteiger partial charge in [0.2, 0.25) is 5.91 Å². The minimum atomic E-state index is -0.409. The van der Waals surface area contributed by atoms with Gasteiger partial charge in [-0.1, -0.05) is 13.8 Å². The lowest BCUT2D eigenvalue weighted by molar-refractivity contribution is -0.124. The van der Waals surface area contributed by atoms with Crippen molar-refractivity contribution in [2.24, 2.45) is 11.7 Å². The Hall–Kier alpha value is -1.17. The van der Waals surface area contributed by atoms with Crippen LogP contribution in [0.15, 0.2) is 24.5 Å². The van der Waals surface area contributed by atoms with Gasteiger partial charge in [-0.15, -0.1) is 12.4 Å². The van der Waals surface area contributed by atoms with Crippen molar-refractivity contribution < 1.29 is 4.79 Å². The molecule has 6 heteroatoms. The summed E-state index contributed by atoms with van der Waals surface area (Å²) in [4.78, 5) is 18.6. The van der Waals surface area contributed by atoms with E-state index in [1.165, 1.54) is 5.56 Å². The molecule has 0 bridgehead atoms. The van der Waals surface area contributed by atoms with Gasteiger partial charge in [0.1, 0.15) is 0 Å². The van der Waals surface area contributed by atoms with E-state index < -0.39 is 6.04 Å². The van der Waals surface area contributed by atoms with Crippen molar-refractivity contribution in [3.05, 3.63) is 30.1 Å². The average Bonchev–Trinajstić information content (AvgIpc) is 2.54. The second-order valence-corrected chi connectivity index (χ2v) is 6.55. The Balaban J connectivity index is 0.00000264. The molecule has 0 aliphatic carbocycles. The summed E-state index contributed by atoms with van der Waals surface area (Å²) in [6.45, 7) is 8.16. The molecule has 1 amide bonds. The summed E-state index contributed by atoms with van der Waals surface area (Å²) in [6.07, 6.45) is 5.64. The van der Waals surface area contributed by atoms with Crippen molar-refractivity contribution in [3.8, 4) is 0 Å². The first-order valence-electron chi connectivity index (χ1n) is 8.19. The van der Waals surface area contributed by atoms with Gasteiger partial charge in [0, 0.05) is 37.6 Å². The van der Waals surface area contributed by atoms with Crippen molar-refractivity contribution in [1.82, 2.24) is 15.2 Å². The lowest BCUT2D eigenvalue weighted by Gasteiger charge is -2.36. The van der Waals surface area contributed by atoms with Gasteiger partial charge in [0.05, 0.1) is 6.04 Å². The Labute approximate surface area is 145 Å². The molecular formula is C17H29ClN4O. The number of nitrogens with one attached hydrogen (secondary N) is 1. The molecule has 1 aromatic rings. The number of pyridine rings is 1. The quantitative estimate of drug-likeness (QED) is 0.861. The Morgan fingerprint density at radius 1 is 1.26 bits per heavy atom. The van der Waals surface area contributed by atoms with Gasteiger partial charge in [0.25, 0.3) is 0 Å². The third kappa shape index (κ3) is 5.44. The van der Waals surface area contributed by atoms with E-state index >= 15 is 0 Å². The van der Waals surface area contributed by atoms with Crippen molar-refractivity contribution in [3.63, 3.8) is 0 Å². The van der Waals surface area contributed by atoms with E-state index in [1.54, 1.807) is 0 Å². The molecule has 2 atom stereocenters. The fourth-order valence-electron chi connectivity index (χ4n) is 2.88. The van der Waals surface area contributed by atoms with Crippen LogP contribution in [0.4, 0.5) is 0 Å². The van der Waals surface area contributed by atoms with Gasteiger partial charge in [-0.2, -0.15) is 0 Å². The monoisotopic (exact) mass is 340 g/mol. The number of nitrogens with two attached hydrogens (primary N) is 1. The molecule has 1 saturated heterocycles. The molecule has 0 aromatic carbocycles. The predicted octanol–water partition coefficient (Wildman–Crippen LogP) is 2.13. The Kier molecular flexibility index (Phi) is 7.95. The summed E-state index contributed by atoms with van der Waals surface area (Å²) in [7, 11) is 0. The zero-order valence-corrected chi connectivity index (χ0v) is 15.1. The molecule has 1 aliphatic rings. The molecule has 2 rings (SSSR count). The third-order valence-electron chi connectivity index (χ3n) is 4.63. The number of halogens is 1. The number of piperidine rings is 1. The van der Waals surface area contributed by atoms with Crippen LogP contribution >= 0.6 is 12.4 Å². The topological polar surface area (TPSA) is 71.2 Å². The van der Waals surface area contributed by atoms with Gasteiger partial charge in [-0.3, -0.25) is 14.7 Å². The number of carbonyl (C=O) groups is 1. The first-order valence-corrected chi connectivity index (χ1v) is 8.19. The maximum Gasteiger partial charge on any atom is 0.237 e. The highest BCUT2D eigenvalue weighted by molar-refractivity contribution is 5.85. The van der Waals surface area contributed by atoms with Crippen LogP contribution in [0, 0.1) is 5.92 Å². The number of rotatable bonds is 5. The fraction of sp³-hybridized carbons (Fsp3) is 0.647. The SMILES string of the molecule is CC(C)[C@H](N)C(=O)NC1CCN(C(C)c2ccncc2)CC1.Cl. The van der Waals surface area contributed by atoms with E-state index in [9.17, 15) is 4.79 Å². The molecule has 2 heterocycles. The van der Waals surface area contributed by atoms with Crippen LogP contribution in [0.1, 0.15) is 45.2 Å². The fourth-order valence-corrected chi connectivity index (χ4v) is 2.88. The van der Waals surface area contributed by atoms with Gasteiger partial charge >= 0.3 is 0 Å². The van der Waals surface area contributed by atoms with Crippen molar-refractivity contribution in [2.45, 2.75) is 51.7 Å². The van der Waals surface area contributed by atoms with Crippen molar-refractivity contribution >= 4 is 18.3 Å².